The zero-order valence-electron chi connectivity index (χ0n) is 9.91. The summed E-state index contributed by atoms with van der Waals surface area (Å²) in [4.78, 5) is 0. The van der Waals surface area contributed by atoms with E-state index >= 15 is 0 Å². The zero-order valence-corrected chi connectivity index (χ0v) is 12.4. The summed E-state index contributed by atoms with van der Waals surface area (Å²) in [5.41, 5.74) is 0.759. The molecule has 2 aliphatic rings. The van der Waals surface area contributed by atoms with Crippen LogP contribution in [0.15, 0.2) is 18.2 Å². The van der Waals surface area contributed by atoms with Crippen LogP contribution in [0.4, 0.5) is 0 Å². The topological polar surface area (TPSA) is 54.0 Å². The summed E-state index contributed by atoms with van der Waals surface area (Å²) < 4.78 is 33.4. The molecule has 0 radical (unpaired) electrons. The Morgan fingerprint density at radius 3 is 3.21 bits per heavy atom. The average molecular weight is 323 g/mol. The van der Waals surface area contributed by atoms with Crippen LogP contribution in [-0.2, 0) is 24.4 Å². The number of hydrogen-bond donors (Lipinski definition) is 0. The van der Waals surface area contributed by atoms with Crippen molar-refractivity contribution in [3.8, 4) is 5.75 Å². The van der Waals surface area contributed by atoms with Gasteiger partial charge in [0, 0.05) is 16.3 Å². The summed E-state index contributed by atoms with van der Waals surface area (Å²) in [6.07, 6.45) is 0.811. The molecule has 0 spiro atoms. The van der Waals surface area contributed by atoms with Gasteiger partial charge in [-0.1, -0.05) is 11.6 Å². The minimum atomic E-state index is -3.55. The Hall–Kier alpha value is -0.230. The minimum absolute atomic E-state index is 0.0605. The summed E-state index contributed by atoms with van der Waals surface area (Å²) in [6, 6.07) is 5.06. The zero-order chi connectivity index (χ0) is 13.3. The van der Waals surface area contributed by atoms with Gasteiger partial charge in [-0.15, -0.1) is 0 Å². The number of fused-ring (bicyclic) bond motifs is 1. The number of phosphoric ester groups is 1. The number of rotatable bonds is 3. The molecule has 2 unspecified atom stereocenters. The normalized spacial score (nSPS) is 29.8. The molecule has 0 saturated carbocycles. The van der Waals surface area contributed by atoms with Gasteiger partial charge in [0.1, 0.15) is 5.75 Å². The molecule has 5 nitrogen and oxygen atoms in total. The van der Waals surface area contributed by atoms with Gasteiger partial charge in [0.25, 0.3) is 0 Å². The maximum Gasteiger partial charge on any atom is 0.530 e. The Bertz CT molecular complexity index is 520. The van der Waals surface area contributed by atoms with Gasteiger partial charge in [0.05, 0.1) is 19.3 Å². The summed E-state index contributed by atoms with van der Waals surface area (Å²) in [5.74, 6) is 1.40. The molecule has 0 N–H and O–H groups in total. The predicted octanol–water partition coefficient (Wildman–Crippen LogP) is 3.81. The number of phosphoric acid groups is 1. The van der Waals surface area contributed by atoms with E-state index in [1.807, 2.05) is 0 Å². The van der Waals surface area contributed by atoms with Crippen LogP contribution in [0.2, 0.25) is 5.02 Å². The lowest BCUT2D eigenvalue weighted by Crippen LogP contribution is -2.16. The van der Waals surface area contributed by atoms with Crippen LogP contribution in [0.25, 0.3) is 0 Å². The van der Waals surface area contributed by atoms with Crippen molar-refractivity contribution >= 4 is 31.5 Å². The molecule has 2 aliphatic heterocycles. The molecular weight excluding hydrogens is 311 g/mol. The second-order valence-corrected chi connectivity index (χ2v) is 7.05. The summed E-state index contributed by atoms with van der Waals surface area (Å²) in [5, 5.41) is 0.583. The van der Waals surface area contributed by atoms with Crippen LogP contribution in [0.5, 0.6) is 5.75 Å². The van der Waals surface area contributed by atoms with E-state index in [0.717, 1.165) is 17.7 Å². The van der Waals surface area contributed by atoms with Gasteiger partial charge in [-0.25, -0.2) is 4.57 Å². The minimum Gasteiger partial charge on any atom is -0.404 e. The molecule has 1 aromatic carbocycles. The highest BCUT2D eigenvalue weighted by atomic mass is 35.5. The molecule has 0 amide bonds. The van der Waals surface area contributed by atoms with Crippen molar-refractivity contribution in [2.24, 2.45) is 0 Å². The Morgan fingerprint density at radius 1 is 1.53 bits per heavy atom. The lowest BCUT2D eigenvalue weighted by Gasteiger charge is -2.25. The largest absolute Gasteiger partial charge is 0.530 e. The van der Waals surface area contributed by atoms with Crippen LogP contribution in [0.3, 0.4) is 0 Å². The second-order valence-electron chi connectivity index (χ2n) is 4.19. The lowest BCUT2D eigenvalue weighted by atomic mass is 10.2. The molecule has 1 saturated heterocycles. The first kappa shape index (κ1) is 13.7. The van der Waals surface area contributed by atoms with E-state index in [2.05, 4.69) is 0 Å². The third kappa shape index (κ3) is 3.27. The Labute approximate surface area is 120 Å². The molecule has 2 atom stereocenters. The molecule has 2 heterocycles. The molecule has 19 heavy (non-hydrogen) atoms. The highest BCUT2D eigenvalue weighted by Crippen LogP contribution is 2.54. The second kappa shape index (κ2) is 5.64. The molecule has 0 aliphatic carbocycles. The summed E-state index contributed by atoms with van der Waals surface area (Å²) in [6.45, 7) is 0.362. The van der Waals surface area contributed by atoms with E-state index in [1.54, 1.807) is 18.2 Å². The maximum atomic E-state index is 12.3. The smallest absolute Gasteiger partial charge is 0.404 e. The summed E-state index contributed by atoms with van der Waals surface area (Å²) >= 11 is 7.26. The number of halogens is 1. The SMILES string of the molecule is O=P1(OCC2CCSO2)OCc2cc(Cl)ccc2O1. The Balaban J connectivity index is 1.66. The third-order valence-electron chi connectivity index (χ3n) is 2.76. The van der Waals surface area contributed by atoms with Crippen molar-refractivity contribution < 1.29 is 22.3 Å². The van der Waals surface area contributed by atoms with Crippen molar-refractivity contribution in [3.05, 3.63) is 28.8 Å². The van der Waals surface area contributed by atoms with Crippen LogP contribution in [-0.4, -0.2) is 18.5 Å². The van der Waals surface area contributed by atoms with Crippen molar-refractivity contribution in [3.63, 3.8) is 0 Å². The standard InChI is InChI=1S/C11H12ClO5PS/c12-9-1-2-11-8(5-9)6-14-18(13,16-11)15-7-10-3-4-19-17-10/h1-2,5,10H,3-4,6-7H2. The van der Waals surface area contributed by atoms with Crippen LogP contribution in [0, 0.1) is 0 Å². The van der Waals surface area contributed by atoms with E-state index < -0.39 is 7.82 Å². The van der Waals surface area contributed by atoms with Gasteiger partial charge < -0.3 is 8.71 Å². The first-order valence-corrected chi connectivity index (χ1v) is 8.55. The van der Waals surface area contributed by atoms with Crippen molar-refractivity contribution in [1.29, 1.82) is 0 Å². The van der Waals surface area contributed by atoms with E-state index in [1.165, 1.54) is 12.0 Å². The fourth-order valence-electron chi connectivity index (χ4n) is 1.77. The highest BCUT2D eigenvalue weighted by Gasteiger charge is 2.35. The quantitative estimate of drug-likeness (QED) is 0.623. The Morgan fingerprint density at radius 2 is 2.42 bits per heavy atom. The first-order chi connectivity index (χ1) is 9.15. The molecule has 8 heteroatoms. The van der Waals surface area contributed by atoms with Crippen molar-refractivity contribution in [2.75, 3.05) is 12.4 Å². The van der Waals surface area contributed by atoms with E-state index in [9.17, 15) is 4.57 Å². The average Bonchev–Trinajstić information content (AvgIpc) is 2.90. The van der Waals surface area contributed by atoms with Gasteiger partial charge >= 0.3 is 7.82 Å². The van der Waals surface area contributed by atoms with E-state index in [4.69, 9.17) is 29.4 Å². The molecule has 1 fully saturated rings. The fraction of sp³-hybridized carbons (Fsp3) is 0.455. The molecule has 1 aromatic rings. The van der Waals surface area contributed by atoms with E-state index in [-0.39, 0.29) is 19.3 Å². The highest BCUT2D eigenvalue weighted by molar-refractivity contribution is 7.94. The first-order valence-electron chi connectivity index (χ1n) is 5.80. The maximum absolute atomic E-state index is 12.3. The van der Waals surface area contributed by atoms with Gasteiger partial charge in [-0.2, -0.15) is 0 Å². The molecular formula is C11H12ClO5PS. The van der Waals surface area contributed by atoms with E-state index in [0.29, 0.717) is 10.8 Å². The lowest BCUT2D eigenvalue weighted by molar-refractivity contribution is 0.0954. The molecule has 104 valence electrons. The van der Waals surface area contributed by atoms with Gasteiger partial charge in [0.2, 0.25) is 0 Å². The monoisotopic (exact) mass is 322 g/mol. The molecule has 0 aromatic heterocycles. The molecule has 0 bridgehead atoms. The van der Waals surface area contributed by atoms with Crippen LogP contribution >= 0.6 is 31.5 Å². The van der Waals surface area contributed by atoms with Gasteiger partial charge in [0.15, 0.2) is 0 Å². The summed E-state index contributed by atoms with van der Waals surface area (Å²) in [7, 11) is -3.55. The number of benzene rings is 1. The Kier molecular flexibility index (Phi) is 4.08. The number of hydrogen-bond acceptors (Lipinski definition) is 6. The molecule has 3 rings (SSSR count). The predicted molar refractivity (Wildman–Crippen MR) is 72.4 cm³/mol. The van der Waals surface area contributed by atoms with Crippen molar-refractivity contribution in [2.45, 2.75) is 19.1 Å². The van der Waals surface area contributed by atoms with Crippen molar-refractivity contribution in [1.82, 2.24) is 0 Å². The van der Waals surface area contributed by atoms with Crippen LogP contribution in [0.1, 0.15) is 12.0 Å². The van der Waals surface area contributed by atoms with Gasteiger partial charge in [-0.3, -0.25) is 9.05 Å². The van der Waals surface area contributed by atoms with Crippen LogP contribution < -0.4 is 4.52 Å². The van der Waals surface area contributed by atoms with Gasteiger partial charge in [-0.05, 0) is 36.7 Å². The third-order valence-corrected chi connectivity index (χ3v) is 5.13. The fourth-order valence-corrected chi connectivity index (χ4v) is 4.01.